The Morgan fingerprint density at radius 2 is 1.81 bits per heavy atom. The predicted molar refractivity (Wildman–Crippen MR) is 76.9 cm³/mol. The van der Waals surface area contributed by atoms with Crippen molar-refractivity contribution in [1.29, 1.82) is 0 Å². The molecule has 0 amide bonds. The number of ether oxygens (including phenoxy) is 2. The van der Waals surface area contributed by atoms with E-state index >= 15 is 0 Å². The maximum absolute atomic E-state index is 13.3. The molecule has 0 aliphatic carbocycles. The van der Waals surface area contributed by atoms with Crippen molar-refractivity contribution < 1.29 is 23.8 Å². The van der Waals surface area contributed by atoms with Gasteiger partial charge in [0.05, 0.1) is 19.8 Å². The number of hydrogen-bond donors (Lipinski definition) is 1. The molecule has 0 saturated heterocycles. The van der Waals surface area contributed by atoms with Gasteiger partial charge in [-0.05, 0) is 24.3 Å². The highest BCUT2D eigenvalue weighted by Crippen LogP contribution is 2.42. The van der Waals surface area contributed by atoms with Crippen molar-refractivity contribution in [2.45, 2.75) is 0 Å². The number of carboxylic acids is 1. The molecule has 0 aromatic heterocycles. The average molecular weight is 311 g/mol. The van der Waals surface area contributed by atoms with Gasteiger partial charge >= 0.3 is 5.97 Å². The molecule has 0 fully saturated rings. The Kier molecular flexibility index (Phi) is 4.33. The first kappa shape index (κ1) is 15.1. The van der Waals surface area contributed by atoms with Crippen LogP contribution in [0.5, 0.6) is 11.5 Å². The van der Waals surface area contributed by atoms with Crippen molar-refractivity contribution >= 4 is 17.6 Å². The van der Waals surface area contributed by atoms with Gasteiger partial charge in [0.2, 0.25) is 0 Å². The van der Waals surface area contributed by atoms with Gasteiger partial charge in [-0.2, -0.15) is 0 Å². The molecule has 21 heavy (non-hydrogen) atoms. The van der Waals surface area contributed by atoms with Crippen molar-refractivity contribution in [2.75, 3.05) is 14.2 Å². The average Bonchev–Trinajstić information content (AvgIpc) is 2.46. The first-order chi connectivity index (χ1) is 9.99. The standard InChI is InChI=1S/C15H12ClFO4/c1-20-12-6-5-10(14(21-2)13(12)16)9-4-3-8(17)7-11(9)15(18)19/h3-7H,1-2H3,(H,18,19). The monoisotopic (exact) mass is 310 g/mol. The quantitative estimate of drug-likeness (QED) is 0.931. The second-order valence-electron chi connectivity index (χ2n) is 4.16. The second-order valence-corrected chi connectivity index (χ2v) is 4.54. The zero-order valence-corrected chi connectivity index (χ0v) is 12.1. The topological polar surface area (TPSA) is 55.8 Å². The molecule has 4 nitrogen and oxygen atoms in total. The Balaban J connectivity index is 2.73. The summed E-state index contributed by atoms with van der Waals surface area (Å²) in [6.07, 6.45) is 0. The van der Waals surface area contributed by atoms with Crippen LogP contribution >= 0.6 is 11.6 Å². The molecule has 1 N–H and O–H groups in total. The van der Waals surface area contributed by atoms with E-state index in [-0.39, 0.29) is 16.3 Å². The Morgan fingerprint density at radius 1 is 1.14 bits per heavy atom. The molecular formula is C15H12ClFO4. The van der Waals surface area contributed by atoms with E-state index in [1.807, 2.05) is 0 Å². The number of rotatable bonds is 4. The molecule has 2 aromatic carbocycles. The van der Waals surface area contributed by atoms with Gasteiger partial charge in [0, 0.05) is 11.1 Å². The Bertz CT molecular complexity index is 700. The van der Waals surface area contributed by atoms with Gasteiger partial charge in [0.1, 0.15) is 22.3 Å². The number of methoxy groups -OCH3 is 2. The van der Waals surface area contributed by atoms with E-state index in [2.05, 4.69) is 0 Å². The summed E-state index contributed by atoms with van der Waals surface area (Å²) in [7, 11) is 2.87. The number of carbonyl (C=O) groups is 1. The van der Waals surface area contributed by atoms with Crippen LogP contribution in [0.15, 0.2) is 30.3 Å². The molecule has 0 spiro atoms. The van der Waals surface area contributed by atoms with Gasteiger partial charge < -0.3 is 14.6 Å². The fourth-order valence-corrected chi connectivity index (χ4v) is 2.35. The third kappa shape index (κ3) is 2.78. The van der Waals surface area contributed by atoms with E-state index in [0.29, 0.717) is 16.9 Å². The molecule has 2 aromatic rings. The van der Waals surface area contributed by atoms with Gasteiger partial charge in [0.25, 0.3) is 0 Å². The molecular weight excluding hydrogens is 299 g/mol. The van der Waals surface area contributed by atoms with Crippen LogP contribution in [0.2, 0.25) is 5.02 Å². The predicted octanol–water partition coefficient (Wildman–Crippen LogP) is 3.86. The van der Waals surface area contributed by atoms with Crippen LogP contribution in [0.3, 0.4) is 0 Å². The van der Waals surface area contributed by atoms with Crippen LogP contribution in [0.1, 0.15) is 10.4 Å². The highest BCUT2D eigenvalue weighted by atomic mass is 35.5. The van der Waals surface area contributed by atoms with Gasteiger partial charge in [-0.15, -0.1) is 0 Å². The van der Waals surface area contributed by atoms with Gasteiger partial charge in [-0.25, -0.2) is 9.18 Å². The minimum atomic E-state index is -1.24. The van der Waals surface area contributed by atoms with Crippen LogP contribution < -0.4 is 9.47 Å². The van der Waals surface area contributed by atoms with Crippen LogP contribution in [0.25, 0.3) is 11.1 Å². The molecule has 0 saturated carbocycles. The lowest BCUT2D eigenvalue weighted by Crippen LogP contribution is -2.02. The molecule has 6 heteroatoms. The van der Waals surface area contributed by atoms with E-state index in [4.69, 9.17) is 21.1 Å². The second kappa shape index (κ2) is 6.01. The van der Waals surface area contributed by atoms with Gasteiger partial charge in [-0.1, -0.05) is 17.7 Å². The van der Waals surface area contributed by atoms with Crippen molar-refractivity contribution in [3.8, 4) is 22.6 Å². The molecule has 0 aliphatic rings. The summed E-state index contributed by atoms with van der Waals surface area (Å²) in [5.74, 6) is -1.20. The Morgan fingerprint density at radius 3 is 2.38 bits per heavy atom. The number of hydrogen-bond acceptors (Lipinski definition) is 3. The molecule has 0 bridgehead atoms. The third-order valence-corrected chi connectivity index (χ3v) is 3.35. The maximum Gasteiger partial charge on any atom is 0.336 e. The van der Waals surface area contributed by atoms with E-state index in [9.17, 15) is 14.3 Å². The van der Waals surface area contributed by atoms with Crippen LogP contribution in [0, 0.1) is 5.82 Å². The lowest BCUT2D eigenvalue weighted by molar-refractivity contribution is 0.0697. The third-order valence-electron chi connectivity index (χ3n) is 2.99. The fourth-order valence-electron chi connectivity index (χ4n) is 2.04. The fraction of sp³-hybridized carbons (Fsp3) is 0.133. The molecule has 0 atom stereocenters. The molecule has 0 radical (unpaired) electrons. The minimum Gasteiger partial charge on any atom is -0.495 e. The van der Waals surface area contributed by atoms with Crippen molar-refractivity contribution in [2.24, 2.45) is 0 Å². The Labute approximate surface area is 125 Å². The summed E-state index contributed by atoms with van der Waals surface area (Å²) in [6.45, 7) is 0. The van der Waals surface area contributed by atoms with Crippen LogP contribution in [-0.4, -0.2) is 25.3 Å². The summed E-state index contributed by atoms with van der Waals surface area (Å²) < 4.78 is 23.6. The highest BCUT2D eigenvalue weighted by molar-refractivity contribution is 6.34. The number of aromatic carboxylic acids is 1. The normalized spacial score (nSPS) is 10.3. The summed E-state index contributed by atoms with van der Waals surface area (Å²) in [5, 5.41) is 9.44. The lowest BCUT2D eigenvalue weighted by atomic mass is 9.98. The molecule has 2 rings (SSSR count). The molecule has 0 aliphatic heterocycles. The SMILES string of the molecule is COc1ccc(-c2ccc(F)cc2C(=O)O)c(OC)c1Cl. The molecule has 0 unspecified atom stereocenters. The number of carboxylic acid groups (broad SMARTS) is 1. The zero-order valence-electron chi connectivity index (χ0n) is 11.3. The van der Waals surface area contributed by atoms with Crippen molar-refractivity contribution in [3.63, 3.8) is 0 Å². The van der Waals surface area contributed by atoms with Crippen LogP contribution in [0.4, 0.5) is 4.39 Å². The molecule has 0 heterocycles. The van der Waals surface area contributed by atoms with E-state index in [1.54, 1.807) is 12.1 Å². The van der Waals surface area contributed by atoms with Crippen LogP contribution in [-0.2, 0) is 0 Å². The first-order valence-electron chi connectivity index (χ1n) is 5.93. The summed E-state index contributed by atoms with van der Waals surface area (Å²) in [5.41, 5.74) is 0.584. The Hall–Kier alpha value is -2.27. The lowest BCUT2D eigenvalue weighted by Gasteiger charge is -2.14. The number of halogens is 2. The first-order valence-corrected chi connectivity index (χ1v) is 6.31. The smallest absolute Gasteiger partial charge is 0.336 e. The summed E-state index contributed by atoms with van der Waals surface area (Å²) in [4.78, 5) is 11.3. The molecule has 110 valence electrons. The van der Waals surface area contributed by atoms with Gasteiger partial charge in [0.15, 0.2) is 0 Å². The van der Waals surface area contributed by atoms with E-state index < -0.39 is 11.8 Å². The summed E-state index contributed by atoms with van der Waals surface area (Å²) in [6, 6.07) is 6.71. The maximum atomic E-state index is 13.3. The minimum absolute atomic E-state index is 0.172. The van der Waals surface area contributed by atoms with Crippen molar-refractivity contribution in [3.05, 3.63) is 46.7 Å². The largest absolute Gasteiger partial charge is 0.495 e. The number of benzene rings is 2. The highest BCUT2D eigenvalue weighted by Gasteiger charge is 2.19. The van der Waals surface area contributed by atoms with Crippen molar-refractivity contribution in [1.82, 2.24) is 0 Å². The van der Waals surface area contributed by atoms with E-state index in [1.165, 1.54) is 26.4 Å². The van der Waals surface area contributed by atoms with Gasteiger partial charge in [-0.3, -0.25) is 0 Å². The summed E-state index contributed by atoms with van der Waals surface area (Å²) >= 11 is 6.16. The zero-order chi connectivity index (χ0) is 15.6. The van der Waals surface area contributed by atoms with E-state index in [0.717, 1.165) is 6.07 Å².